The van der Waals surface area contributed by atoms with Crippen molar-refractivity contribution in [3.63, 3.8) is 0 Å². The fourth-order valence-electron chi connectivity index (χ4n) is 3.35. The average Bonchev–Trinajstić information content (AvgIpc) is 3.36. The predicted molar refractivity (Wildman–Crippen MR) is 122 cm³/mol. The van der Waals surface area contributed by atoms with Gasteiger partial charge in [0.15, 0.2) is 5.82 Å². The van der Waals surface area contributed by atoms with E-state index in [2.05, 4.69) is 15.4 Å². The number of rotatable bonds is 7. The van der Waals surface area contributed by atoms with Crippen molar-refractivity contribution >= 4 is 34.9 Å². The van der Waals surface area contributed by atoms with Gasteiger partial charge in [-0.2, -0.15) is 5.10 Å². The van der Waals surface area contributed by atoms with Crippen LogP contribution in [-0.2, 0) is 11.2 Å². The van der Waals surface area contributed by atoms with E-state index in [4.69, 9.17) is 0 Å². The van der Waals surface area contributed by atoms with Crippen LogP contribution in [-0.4, -0.2) is 49.8 Å². The van der Waals surface area contributed by atoms with E-state index in [1.54, 1.807) is 17.0 Å². The van der Waals surface area contributed by atoms with Gasteiger partial charge in [0.25, 0.3) is 17.1 Å². The first-order chi connectivity index (χ1) is 15.6. The number of thioether (sulfide) groups is 1. The van der Waals surface area contributed by atoms with Crippen molar-refractivity contribution in [3.05, 3.63) is 82.7 Å². The molecule has 162 valence electrons. The summed E-state index contributed by atoms with van der Waals surface area (Å²) in [7, 11) is 0. The van der Waals surface area contributed by atoms with Gasteiger partial charge in [-0.1, -0.05) is 43.3 Å². The second-order valence-electron chi connectivity index (χ2n) is 6.96. The standard InChI is InChI=1S/C23H21N5O3S/c1-2-18-17(15-26-28(18)20-10-6-7-11-24-20)21(29)25-12-13-27-22(30)19(32-23(27)31)14-16-8-4-3-5-9-16/h3-11,14-15H,2,12-13H2,1H3,(H,25,29)/b19-14-. The molecule has 0 saturated carbocycles. The first kappa shape index (κ1) is 21.5. The van der Waals surface area contributed by atoms with Crippen LogP contribution in [0, 0.1) is 0 Å². The topological polar surface area (TPSA) is 97.2 Å². The van der Waals surface area contributed by atoms with Crippen molar-refractivity contribution < 1.29 is 14.4 Å². The minimum absolute atomic E-state index is 0.0956. The van der Waals surface area contributed by atoms with Gasteiger partial charge < -0.3 is 5.32 Å². The summed E-state index contributed by atoms with van der Waals surface area (Å²) in [5.41, 5.74) is 2.03. The monoisotopic (exact) mass is 447 g/mol. The molecule has 1 N–H and O–H groups in total. The van der Waals surface area contributed by atoms with Crippen LogP contribution >= 0.6 is 11.8 Å². The Hall–Kier alpha value is -3.72. The van der Waals surface area contributed by atoms with Crippen molar-refractivity contribution in [1.82, 2.24) is 25.0 Å². The van der Waals surface area contributed by atoms with Gasteiger partial charge >= 0.3 is 0 Å². The fourth-order valence-corrected chi connectivity index (χ4v) is 4.22. The molecule has 3 heterocycles. The highest BCUT2D eigenvalue weighted by atomic mass is 32.2. The van der Waals surface area contributed by atoms with Gasteiger partial charge in [-0.25, -0.2) is 9.67 Å². The Morgan fingerprint density at radius 3 is 2.62 bits per heavy atom. The Morgan fingerprint density at radius 1 is 1.12 bits per heavy atom. The van der Waals surface area contributed by atoms with Gasteiger partial charge in [0.2, 0.25) is 0 Å². The smallest absolute Gasteiger partial charge is 0.293 e. The predicted octanol–water partition coefficient (Wildman–Crippen LogP) is 3.30. The SMILES string of the molecule is CCc1c(C(=O)NCCN2C(=O)S/C(=C\c3ccccc3)C2=O)cnn1-c1ccccn1. The molecule has 0 atom stereocenters. The van der Waals surface area contributed by atoms with Crippen molar-refractivity contribution in [1.29, 1.82) is 0 Å². The largest absolute Gasteiger partial charge is 0.350 e. The zero-order valence-electron chi connectivity index (χ0n) is 17.4. The second-order valence-corrected chi connectivity index (χ2v) is 7.95. The molecule has 3 aromatic rings. The van der Waals surface area contributed by atoms with Crippen LogP contribution in [0.25, 0.3) is 11.9 Å². The summed E-state index contributed by atoms with van der Waals surface area (Å²) in [5.74, 6) is -0.0300. The Kier molecular flexibility index (Phi) is 6.46. The molecule has 1 aliphatic heterocycles. The van der Waals surface area contributed by atoms with Crippen LogP contribution in [0.5, 0.6) is 0 Å². The lowest BCUT2D eigenvalue weighted by molar-refractivity contribution is -0.122. The van der Waals surface area contributed by atoms with E-state index < -0.39 is 0 Å². The van der Waals surface area contributed by atoms with E-state index in [0.717, 1.165) is 27.9 Å². The van der Waals surface area contributed by atoms with Crippen LogP contribution < -0.4 is 5.32 Å². The lowest BCUT2D eigenvalue weighted by Gasteiger charge is -2.13. The number of hydrogen-bond acceptors (Lipinski definition) is 6. The summed E-state index contributed by atoms with van der Waals surface area (Å²) < 4.78 is 1.64. The zero-order valence-corrected chi connectivity index (χ0v) is 18.2. The van der Waals surface area contributed by atoms with Gasteiger partial charge in [0.05, 0.1) is 22.4 Å². The number of aromatic nitrogens is 3. The lowest BCUT2D eigenvalue weighted by atomic mass is 10.2. The number of benzene rings is 1. The normalized spacial score (nSPS) is 14.9. The van der Waals surface area contributed by atoms with E-state index in [9.17, 15) is 14.4 Å². The van der Waals surface area contributed by atoms with Crippen molar-refractivity contribution in [2.45, 2.75) is 13.3 Å². The lowest BCUT2D eigenvalue weighted by Crippen LogP contribution is -2.37. The number of amides is 3. The molecule has 0 radical (unpaired) electrons. The minimum atomic E-state index is -0.352. The molecule has 1 fully saturated rings. The third-order valence-corrected chi connectivity index (χ3v) is 5.81. The average molecular weight is 448 g/mol. The number of pyridine rings is 1. The van der Waals surface area contributed by atoms with Gasteiger partial charge in [0.1, 0.15) is 0 Å². The molecule has 0 spiro atoms. The fraction of sp³-hybridized carbons (Fsp3) is 0.174. The third-order valence-electron chi connectivity index (χ3n) is 4.91. The maximum atomic E-state index is 12.7. The summed E-state index contributed by atoms with van der Waals surface area (Å²) >= 11 is 0.904. The molecule has 0 bridgehead atoms. The molecule has 2 aromatic heterocycles. The van der Waals surface area contributed by atoms with Crippen LogP contribution in [0.15, 0.2) is 65.8 Å². The molecule has 3 amide bonds. The molecular weight excluding hydrogens is 426 g/mol. The Morgan fingerprint density at radius 2 is 1.91 bits per heavy atom. The highest BCUT2D eigenvalue weighted by Gasteiger charge is 2.34. The van der Waals surface area contributed by atoms with Gasteiger partial charge in [-0.15, -0.1) is 0 Å². The van der Waals surface area contributed by atoms with E-state index in [1.807, 2.05) is 55.5 Å². The number of carbonyl (C=O) groups excluding carboxylic acids is 3. The first-order valence-electron chi connectivity index (χ1n) is 10.2. The number of nitrogens with zero attached hydrogens (tertiary/aromatic N) is 4. The molecule has 0 aliphatic carbocycles. The number of carbonyl (C=O) groups is 3. The molecule has 1 saturated heterocycles. The quantitative estimate of drug-likeness (QED) is 0.558. The Balaban J connectivity index is 1.39. The molecule has 0 unspecified atom stereocenters. The van der Waals surface area contributed by atoms with Crippen LogP contribution in [0.4, 0.5) is 4.79 Å². The summed E-state index contributed by atoms with van der Waals surface area (Å²) in [6.45, 7) is 2.18. The molecule has 1 aliphatic rings. The summed E-state index contributed by atoms with van der Waals surface area (Å²) in [4.78, 5) is 43.4. The summed E-state index contributed by atoms with van der Waals surface area (Å²) in [5, 5.41) is 6.74. The van der Waals surface area contributed by atoms with Crippen molar-refractivity contribution in [3.8, 4) is 5.82 Å². The van der Waals surface area contributed by atoms with Gasteiger partial charge in [-0.05, 0) is 42.0 Å². The van der Waals surface area contributed by atoms with Gasteiger partial charge in [0, 0.05) is 19.3 Å². The number of imide groups is 1. The summed E-state index contributed by atoms with van der Waals surface area (Å²) in [6.07, 6.45) is 5.46. The van der Waals surface area contributed by atoms with E-state index in [1.165, 1.54) is 6.20 Å². The zero-order chi connectivity index (χ0) is 22.5. The first-order valence-corrected chi connectivity index (χ1v) is 11.0. The summed E-state index contributed by atoms with van der Waals surface area (Å²) in [6, 6.07) is 14.8. The van der Waals surface area contributed by atoms with Crippen molar-refractivity contribution in [2.24, 2.45) is 0 Å². The molecule has 8 nitrogen and oxygen atoms in total. The molecule has 1 aromatic carbocycles. The number of hydrogen-bond donors (Lipinski definition) is 1. The van der Waals surface area contributed by atoms with E-state index in [-0.39, 0.29) is 30.1 Å². The highest BCUT2D eigenvalue weighted by Crippen LogP contribution is 2.31. The van der Waals surface area contributed by atoms with Crippen molar-refractivity contribution in [2.75, 3.05) is 13.1 Å². The van der Waals surface area contributed by atoms with Crippen LogP contribution in [0.2, 0.25) is 0 Å². The molecule has 4 rings (SSSR count). The third kappa shape index (κ3) is 4.47. The molecular formula is C23H21N5O3S. The molecule has 9 heteroatoms. The minimum Gasteiger partial charge on any atom is -0.350 e. The Bertz CT molecular complexity index is 1170. The molecule has 32 heavy (non-hydrogen) atoms. The highest BCUT2D eigenvalue weighted by molar-refractivity contribution is 8.18. The van der Waals surface area contributed by atoms with Crippen LogP contribution in [0.3, 0.4) is 0 Å². The number of nitrogens with one attached hydrogen (secondary N) is 1. The second kappa shape index (κ2) is 9.61. The Labute approximate surface area is 189 Å². The van der Waals surface area contributed by atoms with E-state index in [0.29, 0.717) is 22.7 Å². The van der Waals surface area contributed by atoms with E-state index >= 15 is 0 Å². The van der Waals surface area contributed by atoms with Gasteiger partial charge in [-0.3, -0.25) is 19.3 Å². The van der Waals surface area contributed by atoms with Crippen LogP contribution in [0.1, 0.15) is 28.5 Å². The maximum Gasteiger partial charge on any atom is 0.293 e. The maximum absolute atomic E-state index is 12.7.